The van der Waals surface area contributed by atoms with Gasteiger partial charge in [-0.05, 0) is 11.6 Å². The van der Waals surface area contributed by atoms with Gasteiger partial charge in [0.15, 0.2) is 0 Å². The zero-order valence-corrected chi connectivity index (χ0v) is 13.8. The maximum Gasteiger partial charge on any atom is 0.412 e. The minimum absolute atomic E-state index is 0.0762. The van der Waals surface area contributed by atoms with Crippen molar-refractivity contribution in [1.82, 2.24) is 15.3 Å². The van der Waals surface area contributed by atoms with Crippen molar-refractivity contribution in [2.75, 3.05) is 14.2 Å². The summed E-state index contributed by atoms with van der Waals surface area (Å²) in [7, 11) is 2.65. The number of alkyl carbamates (subject to hydrolysis) is 1. The summed E-state index contributed by atoms with van der Waals surface area (Å²) >= 11 is 0. The summed E-state index contributed by atoms with van der Waals surface area (Å²) in [6, 6.07) is 9.35. The van der Waals surface area contributed by atoms with Crippen molar-refractivity contribution in [1.29, 1.82) is 0 Å². The van der Waals surface area contributed by atoms with Crippen LogP contribution >= 0.6 is 0 Å². The molecule has 1 aromatic heterocycles. The largest absolute Gasteiger partial charge is 0.467 e. The van der Waals surface area contributed by atoms with E-state index in [9.17, 15) is 9.59 Å². The van der Waals surface area contributed by atoms with Gasteiger partial charge in [-0.3, -0.25) is 5.32 Å². The maximum atomic E-state index is 11.9. The molecule has 0 saturated heterocycles. The van der Waals surface area contributed by atoms with Crippen molar-refractivity contribution in [3.05, 3.63) is 59.5 Å². The van der Waals surface area contributed by atoms with Gasteiger partial charge in [0.1, 0.15) is 12.3 Å². The Labute approximate surface area is 144 Å². The third kappa shape index (κ3) is 5.61. The fourth-order valence-electron chi connectivity index (χ4n) is 1.80. The number of hydrogen-bond donors (Lipinski definition) is 1. The van der Waals surface area contributed by atoms with E-state index in [1.54, 1.807) is 0 Å². The quantitative estimate of drug-likeness (QED) is 0.632. The number of nitrogens with one attached hydrogen (secondary N) is 1. The highest BCUT2D eigenvalue weighted by Crippen LogP contribution is 2.08. The SMILES string of the molecule is COC(=O)C(=Cc1cnc(OC)nc1)NC(=O)OCc1ccccc1. The second-order valence-corrected chi connectivity index (χ2v) is 4.74. The molecule has 1 aromatic carbocycles. The molecule has 0 aliphatic carbocycles. The lowest BCUT2D eigenvalue weighted by molar-refractivity contribution is -0.136. The van der Waals surface area contributed by atoms with Gasteiger partial charge >= 0.3 is 18.1 Å². The monoisotopic (exact) mass is 343 g/mol. The molecule has 0 aliphatic heterocycles. The standard InChI is InChI=1S/C17H17N3O5/c1-23-15(21)14(8-13-9-18-16(24-2)19-10-13)20-17(22)25-11-12-6-4-3-5-7-12/h3-10H,11H2,1-2H3,(H,20,22). The number of benzene rings is 1. The van der Waals surface area contributed by atoms with Crippen molar-refractivity contribution in [2.24, 2.45) is 0 Å². The fourth-order valence-corrected chi connectivity index (χ4v) is 1.80. The van der Waals surface area contributed by atoms with Gasteiger partial charge in [-0.2, -0.15) is 0 Å². The molecule has 2 rings (SSSR count). The number of amides is 1. The van der Waals surface area contributed by atoms with E-state index in [4.69, 9.17) is 9.47 Å². The van der Waals surface area contributed by atoms with Crippen molar-refractivity contribution in [3.8, 4) is 6.01 Å². The zero-order chi connectivity index (χ0) is 18.1. The average Bonchev–Trinajstić information content (AvgIpc) is 2.66. The van der Waals surface area contributed by atoms with E-state index in [-0.39, 0.29) is 18.3 Å². The molecule has 0 bridgehead atoms. The van der Waals surface area contributed by atoms with Gasteiger partial charge in [-0.25, -0.2) is 19.6 Å². The van der Waals surface area contributed by atoms with Gasteiger partial charge in [-0.1, -0.05) is 30.3 Å². The Morgan fingerprint density at radius 2 is 1.80 bits per heavy atom. The predicted molar refractivity (Wildman–Crippen MR) is 88.3 cm³/mol. The molecule has 0 unspecified atom stereocenters. The van der Waals surface area contributed by atoms with Crippen LogP contribution in [0.4, 0.5) is 4.79 Å². The van der Waals surface area contributed by atoms with Gasteiger partial charge in [0.25, 0.3) is 0 Å². The smallest absolute Gasteiger partial charge is 0.412 e. The molecule has 2 aromatic rings. The van der Waals surface area contributed by atoms with E-state index < -0.39 is 12.1 Å². The highest BCUT2D eigenvalue weighted by molar-refractivity contribution is 5.96. The molecule has 0 spiro atoms. The van der Waals surface area contributed by atoms with Crippen LogP contribution in [-0.2, 0) is 20.9 Å². The van der Waals surface area contributed by atoms with Crippen molar-refractivity contribution >= 4 is 18.1 Å². The Bertz CT molecular complexity index is 745. The number of nitrogens with zero attached hydrogens (tertiary/aromatic N) is 2. The topological polar surface area (TPSA) is 99.6 Å². The van der Waals surface area contributed by atoms with E-state index in [0.717, 1.165) is 5.56 Å². The first-order valence-corrected chi connectivity index (χ1v) is 7.26. The number of ether oxygens (including phenoxy) is 3. The van der Waals surface area contributed by atoms with Crippen LogP contribution in [0.5, 0.6) is 6.01 Å². The molecule has 8 heteroatoms. The van der Waals surface area contributed by atoms with Crippen LogP contribution in [0.25, 0.3) is 6.08 Å². The Morgan fingerprint density at radius 1 is 1.12 bits per heavy atom. The summed E-state index contributed by atoms with van der Waals surface area (Å²) < 4.78 is 14.6. The number of aromatic nitrogens is 2. The molecule has 0 saturated carbocycles. The van der Waals surface area contributed by atoms with E-state index in [2.05, 4.69) is 20.0 Å². The molecule has 1 N–H and O–H groups in total. The minimum Gasteiger partial charge on any atom is -0.467 e. The summed E-state index contributed by atoms with van der Waals surface area (Å²) in [5, 5.41) is 2.35. The first-order chi connectivity index (χ1) is 12.1. The molecular weight excluding hydrogens is 326 g/mol. The lowest BCUT2D eigenvalue weighted by Crippen LogP contribution is -2.28. The van der Waals surface area contributed by atoms with Gasteiger partial charge in [0, 0.05) is 18.0 Å². The average molecular weight is 343 g/mol. The number of methoxy groups -OCH3 is 2. The first kappa shape index (κ1) is 17.9. The number of carbonyl (C=O) groups is 2. The third-order valence-electron chi connectivity index (χ3n) is 3.00. The van der Waals surface area contributed by atoms with Crippen LogP contribution in [0.15, 0.2) is 48.4 Å². The van der Waals surface area contributed by atoms with Gasteiger partial charge < -0.3 is 14.2 Å². The van der Waals surface area contributed by atoms with E-state index in [1.165, 1.54) is 32.7 Å². The molecule has 1 heterocycles. The highest BCUT2D eigenvalue weighted by atomic mass is 16.6. The van der Waals surface area contributed by atoms with Crippen LogP contribution in [-0.4, -0.2) is 36.3 Å². The second kappa shape index (κ2) is 9.02. The van der Waals surface area contributed by atoms with E-state index in [1.807, 2.05) is 30.3 Å². The van der Waals surface area contributed by atoms with Crippen LogP contribution in [0, 0.1) is 0 Å². The Balaban J connectivity index is 2.04. The summed E-state index contributed by atoms with van der Waals surface area (Å²) in [6.07, 6.45) is 3.46. The third-order valence-corrected chi connectivity index (χ3v) is 3.00. The molecule has 0 atom stereocenters. The molecule has 1 amide bonds. The summed E-state index contributed by atoms with van der Waals surface area (Å²) in [4.78, 5) is 31.6. The van der Waals surface area contributed by atoms with E-state index in [0.29, 0.717) is 5.56 Å². The highest BCUT2D eigenvalue weighted by Gasteiger charge is 2.15. The normalized spacial score (nSPS) is 10.7. The zero-order valence-electron chi connectivity index (χ0n) is 13.8. The molecule has 25 heavy (non-hydrogen) atoms. The van der Waals surface area contributed by atoms with Gasteiger partial charge in [0.2, 0.25) is 0 Å². The summed E-state index contributed by atoms with van der Waals surface area (Å²) in [5.74, 6) is -0.729. The Kier molecular flexibility index (Phi) is 6.47. The number of carbonyl (C=O) groups excluding carboxylic acids is 2. The predicted octanol–water partition coefficient (Wildman–Crippen LogP) is 1.93. The Hall–Kier alpha value is -3.42. The molecule has 8 nitrogen and oxygen atoms in total. The van der Waals surface area contributed by atoms with Crippen molar-refractivity contribution < 1.29 is 23.8 Å². The summed E-state index contributed by atoms with van der Waals surface area (Å²) in [6.45, 7) is 0.0762. The molecule has 130 valence electrons. The fraction of sp³-hybridized carbons (Fsp3) is 0.176. The second-order valence-electron chi connectivity index (χ2n) is 4.74. The van der Waals surface area contributed by atoms with Gasteiger partial charge in [-0.15, -0.1) is 0 Å². The molecule has 0 aliphatic rings. The number of esters is 1. The lowest BCUT2D eigenvalue weighted by atomic mass is 10.2. The van der Waals surface area contributed by atoms with Crippen LogP contribution in [0.1, 0.15) is 11.1 Å². The van der Waals surface area contributed by atoms with E-state index >= 15 is 0 Å². The van der Waals surface area contributed by atoms with Crippen LogP contribution in [0.3, 0.4) is 0 Å². The minimum atomic E-state index is -0.782. The van der Waals surface area contributed by atoms with Crippen molar-refractivity contribution in [3.63, 3.8) is 0 Å². The summed E-state index contributed by atoms with van der Waals surface area (Å²) in [5.41, 5.74) is 1.20. The van der Waals surface area contributed by atoms with Crippen LogP contribution < -0.4 is 10.1 Å². The van der Waals surface area contributed by atoms with Gasteiger partial charge in [0.05, 0.1) is 14.2 Å². The molecular formula is C17H17N3O5. The Morgan fingerprint density at radius 3 is 2.40 bits per heavy atom. The number of hydrogen-bond acceptors (Lipinski definition) is 7. The van der Waals surface area contributed by atoms with Crippen LogP contribution in [0.2, 0.25) is 0 Å². The molecule has 0 radical (unpaired) electrons. The molecule has 0 fully saturated rings. The lowest BCUT2D eigenvalue weighted by Gasteiger charge is -2.09. The first-order valence-electron chi connectivity index (χ1n) is 7.26. The van der Waals surface area contributed by atoms with Crippen molar-refractivity contribution in [2.45, 2.75) is 6.61 Å². The maximum absolute atomic E-state index is 11.9. The number of rotatable bonds is 6.